The van der Waals surface area contributed by atoms with Crippen LogP contribution in [0.2, 0.25) is 0 Å². The van der Waals surface area contributed by atoms with Crippen LogP contribution in [0.25, 0.3) is 0 Å². The molecule has 0 spiro atoms. The number of aliphatic carboxylic acids is 1. The van der Waals surface area contributed by atoms with Gasteiger partial charge in [0.2, 0.25) is 5.91 Å². The van der Waals surface area contributed by atoms with E-state index in [4.69, 9.17) is 10.8 Å². The maximum Gasteiger partial charge on any atom is 0.317 e. The predicted molar refractivity (Wildman–Crippen MR) is 75.6 cm³/mol. The molecule has 0 aliphatic carbocycles. The fraction of sp³-hybridized carbons (Fsp3) is 0.385. The van der Waals surface area contributed by atoms with Crippen LogP contribution in [0.15, 0.2) is 28.7 Å². The molecule has 0 saturated carbocycles. The molecule has 1 aromatic carbocycles. The lowest BCUT2D eigenvalue weighted by Gasteiger charge is -2.28. The fourth-order valence-electron chi connectivity index (χ4n) is 1.99. The Labute approximate surface area is 120 Å². The molecule has 0 saturated heterocycles. The topological polar surface area (TPSA) is 83.6 Å². The van der Waals surface area contributed by atoms with Crippen LogP contribution in [0.1, 0.15) is 24.9 Å². The van der Waals surface area contributed by atoms with E-state index in [-0.39, 0.29) is 6.54 Å². The smallest absolute Gasteiger partial charge is 0.317 e. The van der Waals surface area contributed by atoms with Gasteiger partial charge in [-0.1, -0.05) is 35.0 Å². The number of carboxylic acid groups (broad SMARTS) is 1. The summed E-state index contributed by atoms with van der Waals surface area (Å²) in [6, 6.07) is 6.45. The van der Waals surface area contributed by atoms with E-state index in [1.807, 2.05) is 13.0 Å². The van der Waals surface area contributed by atoms with Crippen molar-refractivity contribution in [1.29, 1.82) is 0 Å². The van der Waals surface area contributed by atoms with Crippen molar-refractivity contribution in [3.8, 4) is 0 Å². The Morgan fingerprint density at radius 1 is 1.47 bits per heavy atom. The number of carboxylic acids is 1. The SMILES string of the molecule is CCCN(CC(=O)O)C(C(N)=O)c1cccc(Br)c1. The Bertz CT molecular complexity index is 465. The van der Waals surface area contributed by atoms with Gasteiger partial charge in [0.15, 0.2) is 0 Å². The highest BCUT2D eigenvalue weighted by Crippen LogP contribution is 2.23. The summed E-state index contributed by atoms with van der Waals surface area (Å²) in [6.45, 7) is 2.20. The third-order valence-corrected chi connectivity index (χ3v) is 3.14. The van der Waals surface area contributed by atoms with Gasteiger partial charge < -0.3 is 10.8 Å². The minimum absolute atomic E-state index is 0.214. The van der Waals surface area contributed by atoms with Crippen molar-refractivity contribution in [1.82, 2.24) is 4.90 Å². The van der Waals surface area contributed by atoms with Crippen molar-refractivity contribution in [3.05, 3.63) is 34.3 Å². The highest BCUT2D eigenvalue weighted by molar-refractivity contribution is 9.10. The van der Waals surface area contributed by atoms with E-state index in [2.05, 4.69) is 15.9 Å². The first-order valence-corrected chi connectivity index (χ1v) is 6.75. The monoisotopic (exact) mass is 328 g/mol. The van der Waals surface area contributed by atoms with Crippen LogP contribution in [0.5, 0.6) is 0 Å². The molecule has 0 aromatic heterocycles. The summed E-state index contributed by atoms with van der Waals surface area (Å²) in [5.41, 5.74) is 6.13. The van der Waals surface area contributed by atoms with Gasteiger partial charge in [-0.05, 0) is 30.7 Å². The minimum Gasteiger partial charge on any atom is -0.480 e. The molecular formula is C13H17BrN2O3. The molecule has 19 heavy (non-hydrogen) atoms. The number of hydrogen-bond donors (Lipinski definition) is 2. The van der Waals surface area contributed by atoms with Crippen LogP contribution >= 0.6 is 15.9 Å². The number of nitrogens with zero attached hydrogens (tertiary/aromatic N) is 1. The lowest BCUT2D eigenvalue weighted by molar-refractivity contribution is -0.139. The number of halogens is 1. The molecule has 1 rings (SSSR count). The van der Waals surface area contributed by atoms with E-state index in [0.29, 0.717) is 12.1 Å². The number of carbonyl (C=O) groups excluding carboxylic acids is 1. The first-order valence-electron chi connectivity index (χ1n) is 5.96. The molecule has 0 bridgehead atoms. The van der Waals surface area contributed by atoms with E-state index in [9.17, 15) is 9.59 Å². The van der Waals surface area contributed by atoms with Crippen LogP contribution in [0.4, 0.5) is 0 Å². The molecule has 0 aliphatic heterocycles. The lowest BCUT2D eigenvalue weighted by atomic mass is 10.0. The average molecular weight is 329 g/mol. The Kier molecular flexibility index (Phi) is 5.98. The number of primary amides is 1. The van der Waals surface area contributed by atoms with Crippen LogP contribution < -0.4 is 5.73 Å². The van der Waals surface area contributed by atoms with Gasteiger partial charge in [-0.2, -0.15) is 0 Å². The Morgan fingerprint density at radius 3 is 2.63 bits per heavy atom. The molecule has 1 unspecified atom stereocenters. The normalized spacial score (nSPS) is 12.4. The summed E-state index contributed by atoms with van der Waals surface area (Å²) in [5, 5.41) is 8.94. The highest BCUT2D eigenvalue weighted by Gasteiger charge is 2.26. The summed E-state index contributed by atoms with van der Waals surface area (Å²) in [4.78, 5) is 24.2. The van der Waals surface area contributed by atoms with E-state index in [1.165, 1.54) is 0 Å². The second-order valence-corrected chi connectivity index (χ2v) is 5.14. The number of hydrogen-bond acceptors (Lipinski definition) is 3. The maximum absolute atomic E-state index is 11.7. The first kappa shape index (κ1) is 15.7. The van der Waals surface area contributed by atoms with E-state index >= 15 is 0 Å². The largest absolute Gasteiger partial charge is 0.480 e. The Hall–Kier alpha value is -1.40. The Morgan fingerprint density at radius 2 is 2.16 bits per heavy atom. The van der Waals surface area contributed by atoms with Gasteiger partial charge in [0.25, 0.3) is 0 Å². The van der Waals surface area contributed by atoms with Gasteiger partial charge >= 0.3 is 5.97 Å². The zero-order chi connectivity index (χ0) is 14.4. The third kappa shape index (κ3) is 4.65. The van der Waals surface area contributed by atoms with Crippen LogP contribution in [-0.2, 0) is 9.59 Å². The standard InChI is InChI=1S/C13H17BrN2O3/c1-2-6-16(8-11(17)18)12(13(15)19)9-4-3-5-10(14)7-9/h3-5,7,12H,2,6,8H2,1H3,(H2,15,19)(H,17,18). The number of carbonyl (C=O) groups is 2. The van der Waals surface area contributed by atoms with E-state index in [1.54, 1.807) is 23.1 Å². The molecule has 0 fully saturated rings. The predicted octanol–water partition coefficient (Wildman–Crippen LogP) is 1.77. The van der Waals surface area contributed by atoms with Crippen LogP contribution in [0.3, 0.4) is 0 Å². The molecular weight excluding hydrogens is 312 g/mol. The second kappa shape index (κ2) is 7.25. The van der Waals surface area contributed by atoms with Gasteiger partial charge in [0.05, 0.1) is 6.54 Å². The first-order chi connectivity index (χ1) is 8.95. The van der Waals surface area contributed by atoms with Crippen LogP contribution in [0, 0.1) is 0 Å². The Balaban J connectivity index is 3.09. The molecule has 3 N–H and O–H groups in total. The van der Waals surface area contributed by atoms with E-state index < -0.39 is 17.9 Å². The number of nitrogens with two attached hydrogens (primary N) is 1. The van der Waals surface area contributed by atoms with Crippen molar-refractivity contribution >= 4 is 27.8 Å². The average Bonchev–Trinajstić information content (AvgIpc) is 2.28. The van der Waals surface area contributed by atoms with Crippen LogP contribution in [-0.4, -0.2) is 35.0 Å². The number of rotatable bonds is 7. The summed E-state index contributed by atoms with van der Waals surface area (Å²) in [5.74, 6) is -1.53. The van der Waals surface area contributed by atoms with Crippen molar-refractivity contribution < 1.29 is 14.7 Å². The molecule has 0 radical (unpaired) electrons. The maximum atomic E-state index is 11.7. The molecule has 0 aliphatic rings. The molecule has 0 heterocycles. The number of amides is 1. The zero-order valence-corrected chi connectivity index (χ0v) is 12.3. The second-order valence-electron chi connectivity index (χ2n) is 4.22. The summed E-state index contributed by atoms with van der Waals surface area (Å²) in [6.07, 6.45) is 0.741. The summed E-state index contributed by atoms with van der Waals surface area (Å²) in [7, 11) is 0. The molecule has 5 nitrogen and oxygen atoms in total. The van der Waals surface area contributed by atoms with Gasteiger partial charge in [-0.15, -0.1) is 0 Å². The van der Waals surface area contributed by atoms with Crippen molar-refractivity contribution in [2.45, 2.75) is 19.4 Å². The van der Waals surface area contributed by atoms with Crippen molar-refractivity contribution in [2.75, 3.05) is 13.1 Å². The molecule has 1 atom stereocenters. The quantitative estimate of drug-likeness (QED) is 0.799. The summed E-state index contributed by atoms with van der Waals surface area (Å²) < 4.78 is 0.822. The van der Waals surface area contributed by atoms with E-state index in [0.717, 1.165) is 10.9 Å². The zero-order valence-electron chi connectivity index (χ0n) is 10.7. The van der Waals surface area contributed by atoms with Gasteiger partial charge in [-0.25, -0.2) is 0 Å². The van der Waals surface area contributed by atoms with Crippen molar-refractivity contribution in [2.24, 2.45) is 5.73 Å². The molecule has 1 amide bonds. The summed E-state index contributed by atoms with van der Waals surface area (Å²) >= 11 is 3.33. The highest BCUT2D eigenvalue weighted by atomic mass is 79.9. The van der Waals surface area contributed by atoms with Crippen molar-refractivity contribution in [3.63, 3.8) is 0 Å². The molecule has 104 valence electrons. The van der Waals surface area contributed by atoms with Gasteiger partial charge in [-0.3, -0.25) is 14.5 Å². The lowest BCUT2D eigenvalue weighted by Crippen LogP contribution is -2.41. The fourth-order valence-corrected chi connectivity index (χ4v) is 2.41. The third-order valence-electron chi connectivity index (χ3n) is 2.65. The minimum atomic E-state index is -0.977. The van der Waals surface area contributed by atoms with Gasteiger partial charge in [0.1, 0.15) is 6.04 Å². The van der Waals surface area contributed by atoms with Gasteiger partial charge in [0, 0.05) is 4.47 Å². The number of benzene rings is 1. The molecule has 6 heteroatoms. The molecule has 1 aromatic rings.